The molecular weight excluding hydrogens is 191 g/mol. The van der Waals surface area contributed by atoms with Gasteiger partial charge in [0.05, 0.1) is 13.0 Å². The summed E-state index contributed by atoms with van der Waals surface area (Å²) in [7, 11) is -5.25. The molecule has 1 unspecified atom stereocenters. The highest BCUT2D eigenvalue weighted by Gasteiger charge is 2.28. The van der Waals surface area contributed by atoms with Crippen molar-refractivity contribution in [2.75, 3.05) is 6.61 Å². The van der Waals surface area contributed by atoms with Crippen LogP contribution in [0.2, 0.25) is 0 Å². The monoisotopic (exact) mass is 196 g/mol. The molecule has 0 amide bonds. The van der Waals surface area contributed by atoms with Gasteiger partial charge in [-0.1, -0.05) is 0 Å². The Balaban J connectivity index is 3.52. The topological polar surface area (TPSA) is 46.5 Å². The Labute approximate surface area is 59.6 Å². The maximum atomic E-state index is 11.5. The number of rotatable bonds is 3. The Hall–Kier alpha value is -0.130. The summed E-state index contributed by atoms with van der Waals surface area (Å²) in [6.45, 7) is -1.15. The van der Waals surface area contributed by atoms with E-state index in [0.29, 0.717) is 0 Å². The van der Waals surface area contributed by atoms with Crippen molar-refractivity contribution in [2.45, 2.75) is 12.6 Å². The zero-order chi connectivity index (χ0) is 9.12. The molecule has 0 heterocycles. The lowest BCUT2D eigenvalue weighted by molar-refractivity contribution is -0.140. The smallest absolute Gasteiger partial charge is 0.299 e. The lowest BCUT2D eigenvalue weighted by atomic mass is 10.5. The molecule has 0 fully saturated rings. The molecule has 68 valence electrons. The van der Waals surface area contributed by atoms with Gasteiger partial charge in [-0.05, 0) is 0 Å². The zero-order valence-corrected chi connectivity index (χ0v) is 6.03. The van der Waals surface area contributed by atoms with Crippen molar-refractivity contribution in [3.8, 4) is 0 Å². The van der Waals surface area contributed by atoms with Gasteiger partial charge in [0.25, 0.3) is 0 Å². The van der Waals surface area contributed by atoms with Crippen LogP contribution in [0.1, 0.15) is 6.42 Å². The molecule has 0 aromatic heterocycles. The van der Waals surface area contributed by atoms with Crippen molar-refractivity contribution in [3.05, 3.63) is 0 Å². The van der Waals surface area contributed by atoms with E-state index in [1.54, 1.807) is 0 Å². The van der Waals surface area contributed by atoms with Crippen molar-refractivity contribution in [2.24, 2.45) is 0 Å². The predicted octanol–water partition coefficient (Wildman–Crippen LogP) is 2.03. The van der Waals surface area contributed by atoms with Crippen LogP contribution in [0.5, 0.6) is 0 Å². The second-order valence-corrected chi connectivity index (χ2v) is 2.81. The first-order valence-electron chi connectivity index (χ1n) is 2.44. The Morgan fingerprint density at radius 3 is 2.18 bits per heavy atom. The van der Waals surface area contributed by atoms with Crippen LogP contribution in [0.4, 0.5) is 17.4 Å². The third-order valence-corrected chi connectivity index (χ3v) is 1.14. The lowest BCUT2D eigenvalue weighted by Crippen LogP contribution is -2.10. The minimum atomic E-state index is -5.25. The highest BCUT2D eigenvalue weighted by molar-refractivity contribution is 7.46. The van der Waals surface area contributed by atoms with Gasteiger partial charge in [-0.3, -0.25) is 9.42 Å². The highest BCUT2D eigenvalue weighted by atomic mass is 31.2. The molecule has 0 radical (unpaired) electrons. The van der Waals surface area contributed by atoms with E-state index in [2.05, 4.69) is 4.52 Å². The van der Waals surface area contributed by atoms with Gasteiger partial charge in [0.1, 0.15) is 0 Å². The third-order valence-electron chi connectivity index (χ3n) is 0.636. The molecule has 11 heavy (non-hydrogen) atoms. The van der Waals surface area contributed by atoms with Gasteiger partial charge in [0.2, 0.25) is 0 Å². The van der Waals surface area contributed by atoms with Crippen molar-refractivity contribution < 1.29 is 31.4 Å². The Morgan fingerprint density at radius 2 is 1.91 bits per heavy atom. The maximum Gasteiger partial charge on any atom is 0.510 e. The molecule has 0 aliphatic carbocycles. The van der Waals surface area contributed by atoms with Crippen molar-refractivity contribution in [1.29, 1.82) is 0 Å². The minimum absolute atomic E-state index is 1.15. The molecule has 3 nitrogen and oxygen atoms in total. The van der Waals surface area contributed by atoms with Crippen LogP contribution in [0.25, 0.3) is 0 Å². The molecule has 0 aliphatic rings. The Bertz CT molecular complexity index is 160. The van der Waals surface area contributed by atoms with Crippen LogP contribution in [-0.2, 0) is 9.09 Å². The van der Waals surface area contributed by atoms with E-state index in [1.807, 2.05) is 0 Å². The second-order valence-electron chi connectivity index (χ2n) is 1.65. The number of alkyl halides is 3. The summed E-state index contributed by atoms with van der Waals surface area (Å²) >= 11 is 0. The SMILES string of the molecule is O=P(O)(F)OCCC(F)(F)F. The lowest BCUT2D eigenvalue weighted by Gasteiger charge is -2.05. The average Bonchev–Trinajstić information content (AvgIpc) is 1.55. The van der Waals surface area contributed by atoms with Gasteiger partial charge in [-0.25, -0.2) is 4.57 Å². The van der Waals surface area contributed by atoms with Gasteiger partial charge in [-0.15, -0.1) is 4.20 Å². The molecule has 0 aliphatic heterocycles. The van der Waals surface area contributed by atoms with E-state index in [1.165, 1.54) is 0 Å². The van der Waals surface area contributed by atoms with Gasteiger partial charge in [-0.2, -0.15) is 13.2 Å². The molecule has 0 saturated heterocycles. The summed E-state index contributed by atoms with van der Waals surface area (Å²) in [5.41, 5.74) is 0. The fraction of sp³-hybridized carbons (Fsp3) is 1.00. The first-order valence-corrected chi connectivity index (χ1v) is 3.91. The summed E-state index contributed by atoms with van der Waals surface area (Å²) in [4.78, 5) is 7.71. The average molecular weight is 196 g/mol. The quantitative estimate of drug-likeness (QED) is 0.554. The number of hydrogen-bond donors (Lipinski definition) is 1. The van der Waals surface area contributed by atoms with E-state index >= 15 is 0 Å². The Morgan fingerprint density at radius 1 is 1.45 bits per heavy atom. The normalized spacial score (nSPS) is 17.9. The summed E-state index contributed by atoms with van der Waals surface area (Å²) in [6, 6.07) is 0. The number of hydrogen-bond acceptors (Lipinski definition) is 2. The molecule has 8 heteroatoms. The van der Waals surface area contributed by atoms with Gasteiger partial charge < -0.3 is 0 Å². The molecule has 0 bridgehead atoms. The standard InChI is InChI=1S/C3H5F4O3P/c4-3(5,6)1-2-10-11(7,8)9/h1-2H2,(H,8,9). The van der Waals surface area contributed by atoms with E-state index in [4.69, 9.17) is 4.89 Å². The van der Waals surface area contributed by atoms with Crippen LogP contribution >= 0.6 is 7.91 Å². The number of halogens is 4. The first kappa shape index (κ1) is 10.9. The molecule has 0 rings (SSSR count). The predicted molar refractivity (Wildman–Crippen MR) is 27.6 cm³/mol. The third kappa shape index (κ3) is 9.87. The summed E-state index contributed by atoms with van der Waals surface area (Å²) in [5, 5.41) is 0. The molecule has 0 saturated carbocycles. The maximum absolute atomic E-state index is 11.5. The van der Waals surface area contributed by atoms with Crippen LogP contribution in [0.15, 0.2) is 0 Å². The molecule has 1 N–H and O–H groups in total. The van der Waals surface area contributed by atoms with Crippen molar-refractivity contribution in [3.63, 3.8) is 0 Å². The van der Waals surface area contributed by atoms with Crippen molar-refractivity contribution >= 4 is 7.91 Å². The summed E-state index contributed by atoms with van der Waals surface area (Å²) in [6.07, 6.45) is -5.95. The zero-order valence-electron chi connectivity index (χ0n) is 5.14. The summed E-state index contributed by atoms with van der Waals surface area (Å²) < 4.78 is 58.2. The minimum Gasteiger partial charge on any atom is -0.299 e. The van der Waals surface area contributed by atoms with E-state index in [9.17, 15) is 21.9 Å². The second kappa shape index (κ2) is 3.51. The van der Waals surface area contributed by atoms with Crippen LogP contribution < -0.4 is 0 Å². The van der Waals surface area contributed by atoms with Crippen molar-refractivity contribution in [1.82, 2.24) is 0 Å². The van der Waals surface area contributed by atoms with Gasteiger partial charge in [0, 0.05) is 0 Å². The Kier molecular flexibility index (Phi) is 3.47. The van der Waals surface area contributed by atoms with Gasteiger partial charge >= 0.3 is 14.1 Å². The van der Waals surface area contributed by atoms with Gasteiger partial charge in [0.15, 0.2) is 0 Å². The molecule has 0 spiro atoms. The largest absolute Gasteiger partial charge is 0.510 e. The molecular formula is C3H5F4O3P. The van der Waals surface area contributed by atoms with E-state index in [-0.39, 0.29) is 0 Å². The molecule has 0 aromatic rings. The molecule has 1 atom stereocenters. The van der Waals surface area contributed by atoms with E-state index < -0.39 is 27.1 Å². The van der Waals surface area contributed by atoms with Crippen LogP contribution in [0.3, 0.4) is 0 Å². The highest BCUT2D eigenvalue weighted by Crippen LogP contribution is 2.43. The fourth-order valence-electron chi connectivity index (χ4n) is 0.274. The fourth-order valence-corrected chi connectivity index (χ4v) is 0.590. The summed E-state index contributed by atoms with van der Waals surface area (Å²) in [5.74, 6) is 0. The van der Waals surface area contributed by atoms with Crippen LogP contribution in [0, 0.1) is 0 Å². The van der Waals surface area contributed by atoms with Crippen LogP contribution in [-0.4, -0.2) is 17.7 Å². The first-order chi connectivity index (χ1) is 4.71. The molecule has 0 aromatic carbocycles. The van der Waals surface area contributed by atoms with E-state index in [0.717, 1.165) is 0 Å².